The second-order valence-electron chi connectivity index (χ2n) is 4.12. The van der Waals surface area contributed by atoms with E-state index in [2.05, 4.69) is 15.0 Å². The fraction of sp³-hybridized carbons (Fsp3) is 0.273. The number of primary amides is 1. The van der Waals surface area contributed by atoms with Crippen molar-refractivity contribution in [1.82, 2.24) is 19.5 Å². The SMILES string of the molecule is NC(=O)c1nc(-n2ccnc2)nc2c1CCC2O. The van der Waals surface area contributed by atoms with Crippen molar-refractivity contribution in [3.8, 4) is 5.95 Å². The standard InChI is InChI=1S/C11H11N5O2/c12-10(18)9-6-1-2-7(17)8(6)14-11(15-9)16-4-3-13-5-16/h3-5,7,17H,1-2H2,(H2,12,18). The summed E-state index contributed by atoms with van der Waals surface area (Å²) in [4.78, 5) is 23.7. The first kappa shape index (κ1) is 10.8. The molecular formula is C11H11N5O2. The minimum absolute atomic E-state index is 0.181. The smallest absolute Gasteiger partial charge is 0.267 e. The van der Waals surface area contributed by atoms with Crippen LogP contribution < -0.4 is 5.73 Å². The first-order chi connectivity index (χ1) is 8.66. The predicted octanol–water partition coefficient (Wildman–Crippen LogP) is -0.259. The van der Waals surface area contributed by atoms with Gasteiger partial charge in [0.15, 0.2) is 0 Å². The zero-order valence-electron chi connectivity index (χ0n) is 9.45. The number of imidazole rings is 1. The van der Waals surface area contributed by atoms with Crippen LogP contribution in [-0.4, -0.2) is 30.5 Å². The van der Waals surface area contributed by atoms with Crippen LogP contribution in [0.2, 0.25) is 0 Å². The molecule has 1 aliphatic rings. The van der Waals surface area contributed by atoms with Crippen LogP contribution in [-0.2, 0) is 6.42 Å². The Morgan fingerprint density at radius 1 is 1.50 bits per heavy atom. The highest BCUT2D eigenvalue weighted by molar-refractivity contribution is 5.92. The number of nitrogens with zero attached hydrogens (tertiary/aromatic N) is 4. The molecular weight excluding hydrogens is 234 g/mol. The average molecular weight is 245 g/mol. The van der Waals surface area contributed by atoms with Crippen LogP contribution in [0.3, 0.4) is 0 Å². The van der Waals surface area contributed by atoms with Crippen LogP contribution in [0.4, 0.5) is 0 Å². The maximum Gasteiger partial charge on any atom is 0.267 e. The summed E-state index contributed by atoms with van der Waals surface area (Å²) in [5.41, 5.74) is 6.64. The summed E-state index contributed by atoms with van der Waals surface area (Å²) in [6.45, 7) is 0. The van der Waals surface area contributed by atoms with Gasteiger partial charge < -0.3 is 10.8 Å². The van der Waals surface area contributed by atoms with Crippen molar-refractivity contribution in [2.24, 2.45) is 5.73 Å². The van der Waals surface area contributed by atoms with E-state index in [0.717, 1.165) is 0 Å². The molecule has 2 aromatic rings. The van der Waals surface area contributed by atoms with Gasteiger partial charge in [0.25, 0.3) is 5.91 Å². The van der Waals surface area contributed by atoms with Crippen LogP contribution in [0.25, 0.3) is 5.95 Å². The topological polar surface area (TPSA) is 107 Å². The number of fused-ring (bicyclic) bond motifs is 1. The summed E-state index contributed by atoms with van der Waals surface area (Å²) in [6.07, 6.45) is 5.21. The van der Waals surface area contributed by atoms with Crippen LogP contribution in [0.15, 0.2) is 18.7 Å². The molecule has 1 atom stereocenters. The Balaban J connectivity index is 2.22. The number of amides is 1. The number of nitrogens with two attached hydrogens (primary N) is 1. The molecule has 0 radical (unpaired) electrons. The van der Waals surface area contributed by atoms with E-state index < -0.39 is 12.0 Å². The Labute approximate surface area is 102 Å². The lowest BCUT2D eigenvalue weighted by molar-refractivity contribution is 0.0994. The third-order valence-electron chi connectivity index (χ3n) is 2.98. The van der Waals surface area contributed by atoms with Crippen LogP contribution in [0.1, 0.15) is 34.3 Å². The molecule has 0 saturated carbocycles. The molecule has 92 valence electrons. The van der Waals surface area contributed by atoms with E-state index in [0.29, 0.717) is 30.0 Å². The highest BCUT2D eigenvalue weighted by Gasteiger charge is 2.28. The van der Waals surface area contributed by atoms with E-state index in [1.807, 2.05) is 0 Å². The van der Waals surface area contributed by atoms with Gasteiger partial charge in [-0.05, 0) is 12.8 Å². The van der Waals surface area contributed by atoms with Crippen molar-refractivity contribution in [2.45, 2.75) is 18.9 Å². The molecule has 3 rings (SSSR count). The van der Waals surface area contributed by atoms with Gasteiger partial charge in [0.05, 0.1) is 11.8 Å². The van der Waals surface area contributed by atoms with Crippen molar-refractivity contribution >= 4 is 5.91 Å². The van der Waals surface area contributed by atoms with Gasteiger partial charge in [-0.1, -0.05) is 0 Å². The second-order valence-corrected chi connectivity index (χ2v) is 4.12. The Morgan fingerprint density at radius 3 is 3.00 bits per heavy atom. The third-order valence-corrected chi connectivity index (χ3v) is 2.98. The molecule has 0 fully saturated rings. The summed E-state index contributed by atoms with van der Waals surface area (Å²) in [6, 6.07) is 0. The van der Waals surface area contributed by atoms with Gasteiger partial charge in [0, 0.05) is 18.0 Å². The predicted molar refractivity (Wildman–Crippen MR) is 61.0 cm³/mol. The molecule has 0 spiro atoms. The molecule has 7 nitrogen and oxygen atoms in total. The normalized spacial score (nSPS) is 17.7. The first-order valence-corrected chi connectivity index (χ1v) is 5.54. The average Bonchev–Trinajstić information content (AvgIpc) is 2.98. The molecule has 0 aromatic carbocycles. The second kappa shape index (κ2) is 3.88. The van der Waals surface area contributed by atoms with Crippen molar-refractivity contribution in [3.63, 3.8) is 0 Å². The number of aliphatic hydroxyl groups is 1. The van der Waals surface area contributed by atoms with Gasteiger partial charge in [0.2, 0.25) is 5.95 Å². The van der Waals surface area contributed by atoms with Gasteiger partial charge in [-0.25, -0.2) is 15.0 Å². The van der Waals surface area contributed by atoms with E-state index in [1.165, 1.54) is 6.33 Å². The van der Waals surface area contributed by atoms with Gasteiger partial charge >= 0.3 is 0 Å². The van der Waals surface area contributed by atoms with Crippen LogP contribution in [0.5, 0.6) is 0 Å². The maximum absolute atomic E-state index is 11.4. The fourth-order valence-corrected chi connectivity index (χ4v) is 2.13. The summed E-state index contributed by atoms with van der Waals surface area (Å²) >= 11 is 0. The molecule has 2 heterocycles. The Hall–Kier alpha value is -2.28. The van der Waals surface area contributed by atoms with E-state index >= 15 is 0 Å². The highest BCUT2D eigenvalue weighted by atomic mass is 16.3. The first-order valence-electron chi connectivity index (χ1n) is 5.54. The molecule has 0 saturated heterocycles. The summed E-state index contributed by atoms with van der Waals surface area (Å²) in [7, 11) is 0. The summed E-state index contributed by atoms with van der Waals surface area (Å²) < 4.78 is 1.57. The van der Waals surface area contributed by atoms with E-state index in [4.69, 9.17) is 5.73 Å². The van der Waals surface area contributed by atoms with E-state index in [1.54, 1.807) is 17.0 Å². The number of aliphatic hydroxyl groups excluding tert-OH is 1. The van der Waals surface area contributed by atoms with Crippen LogP contribution >= 0.6 is 0 Å². The quantitative estimate of drug-likeness (QED) is 0.758. The number of hydrogen-bond donors (Lipinski definition) is 2. The molecule has 1 unspecified atom stereocenters. The molecule has 0 aliphatic heterocycles. The zero-order valence-corrected chi connectivity index (χ0v) is 9.45. The minimum atomic E-state index is -0.664. The van der Waals surface area contributed by atoms with Gasteiger partial charge in [-0.15, -0.1) is 0 Å². The van der Waals surface area contributed by atoms with Crippen molar-refractivity contribution in [3.05, 3.63) is 35.7 Å². The number of carbonyl (C=O) groups excluding carboxylic acids is 1. The minimum Gasteiger partial charge on any atom is -0.387 e. The van der Waals surface area contributed by atoms with Crippen LogP contribution in [0, 0.1) is 0 Å². The zero-order chi connectivity index (χ0) is 12.7. The number of rotatable bonds is 2. The number of carbonyl (C=O) groups is 1. The largest absolute Gasteiger partial charge is 0.387 e. The monoisotopic (exact) mass is 245 g/mol. The Morgan fingerprint density at radius 2 is 2.33 bits per heavy atom. The molecule has 7 heteroatoms. The lowest BCUT2D eigenvalue weighted by Crippen LogP contribution is -2.19. The summed E-state index contributed by atoms with van der Waals surface area (Å²) in [5, 5.41) is 9.84. The number of aromatic nitrogens is 4. The Kier molecular flexibility index (Phi) is 2.34. The lowest BCUT2D eigenvalue weighted by Gasteiger charge is -2.09. The van der Waals surface area contributed by atoms with Crippen molar-refractivity contribution in [2.75, 3.05) is 0 Å². The van der Waals surface area contributed by atoms with Gasteiger partial charge in [-0.2, -0.15) is 0 Å². The van der Waals surface area contributed by atoms with Crippen molar-refractivity contribution < 1.29 is 9.90 Å². The molecule has 18 heavy (non-hydrogen) atoms. The van der Waals surface area contributed by atoms with E-state index in [-0.39, 0.29) is 5.69 Å². The van der Waals surface area contributed by atoms with Crippen molar-refractivity contribution in [1.29, 1.82) is 0 Å². The Bertz CT molecular complexity index is 608. The third kappa shape index (κ3) is 1.56. The fourth-order valence-electron chi connectivity index (χ4n) is 2.13. The van der Waals surface area contributed by atoms with Gasteiger partial charge in [0.1, 0.15) is 12.0 Å². The molecule has 1 aliphatic carbocycles. The number of hydrogen-bond acceptors (Lipinski definition) is 5. The molecule has 3 N–H and O–H groups in total. The van der Waals surface area contributed by atoms with Gasteiger partial charge in [-0.3, -0.25) is 9.36 Å². The van der Waals surface area contributed by atoms with E-state index in [9.17, 15) is 9.90 Å². The molecule has 0 bridgehead atoms. The maximum atomic E-state index is 11.4. The molecule has 1 amide bonds. The summed E-state index contributed by atoms with van der Waals surface area (Å²) in [5.74, 6) is -0.315. The lowest BCUT2D eigenvalue weighted by atomic mass is 10.1. The molecule has 2 aromatic heterocycles. The highest BCUT2D eigenvalue weighted by Crippen LogP contribution is 2.31.